The highest BCUT2D eigenvalue weighted by molar-refractivity contribution is 7.16. The molecule has 7 heteroatoms. The highest BCUT2D eigenvalue weighted by Crippen LogP contribution is 2.29. The van der Waals surface area contributed by atoms with Crippen LogP contribution >= 0.6 is 11.3 Å². The number of hydrogen-bond donors (Lipinski definition) is 0. The highest BCUT2D eigenvalue weighted by Gasteiger charge is 2.17. The number of aromatic nitrogens is 3. The third kappa shape index (κ3) is 4.23. The molecule has 6 nitrogen and oxygen atoms in total. The van der Waals surface area contributed by atoms with Gasteiger partial charge in [0.25, 0.3) is 0 Å². The summed E-state index contributed by atoms with van der Waals surface area (Å²) in [6.45, 7) is 4.00. The van der Waals surface area contributed by atoms with Crippen LogP contribution in [0.3, 0.4) is 0 Å². The lowest BCUT2D eigenvalue weighted by Gasteiger charge is -2.10. The topological polar surface area (TPSA) is 56.7 Å². The third-order valence-electron chi connectivity index (χ3n) is 5.34. The second kappa shape index (κ2) is 8.88. The molecule has 0 atom stereocenters. The zero-order chi connectivity index (χ0) is 22.8. The average molecular weight is 454 g/mol. The Kier molecular flexibility index (Phi) is 5.62. The first-order valence-corrected chi connectivity index (χ1v) is 11.4. The van der Waals surface area contributed by atoms with E-state index in [1.54, 1.807) is 22.2 Å². The minimum atomic E-state index is 0.599. The van der Waals surface area contributed by atoms with Gasteiger partial charge < -0.3 is 9.30 Å². The first-order valence-electron chi connectivity index (χ1n) is 10.6. The maximum Gasteiger partial charge on any atom is 0.231 e. The van der Waals surface area contributed by atoms with Gasteiger partial charge in [0, 0.05) is 7.05 Å². The zero-order valence-corrected chi connectivity index (χ0v) is 19.5. The number of rotatable bonds is 5. The number of benzene rings is 3. The first-order chi connectivity index (χ1) is 16.1. The predicted molar refractivity (Wildman–Crippen MR) is 134 cm³/mol. The van der Waals surface area contributed by atoms with E-state index < -0.39 is 0 Å². The van der Waals surface area contributed by atoms with Crippen LogP contribution in [-0.2, 0) is 7.05 Å². The van der Waals surface area contributed by atoms with Crippen LogP contribution in [0.2, 0.25) is 0 Å². The predicted octanol–water partition coefficient (Wildman–Crippen LogP) is 5.77. The maximum absolute atomic E-state index is 6.31. The summed E-state index contributed by atoms with van der Waals surface area (Å²) in [5.74, 6) is 1.34. The number of thiazole rings is 1. The zero-order valence-electron chi connectivity index (χ0n) is 18.6. The summed E-state index contributed by atoms with van der Waals surface area (Å²) in [6, 6.07) is 26.1. The van der Waals surface area contributed by atoms with E-state index in [0.29, 0.717) is 5.88 Å². The van der Waals surface area contributed by atoms with Gasteiger partial charge in [0.1, 0.15) is 5.75 Å². The molecule has 0 spiro atoms. The number of hydrogen-bond acceptors (Lipinski definition) is 5. The standard InChI is InChI=1S/C26H23N5OS/c1-18-13-15-21(16-14-18)32-25-22(19(2)29-31(25)20-9-5-4-6-10-20)17-27-28-26-30(3)23-11-7-8-12-24(23)33-26/h4-17H,1-3H3/b27-17-,28-26-. The molecule has 164 valence electrons. The van der Waals surface area contributed by atoms with Crippen molar-refractivity contribution in [2.24, 2.45) is 17.3 Å². The van der Waals surface area contributed by atoms with Crippen molar-refractivity contribution in [1.29, 1.82) is 0 Å². The van der Waals surface area contributed by atoms with Crippen molar-refractivity contribution in [2.45, 2.75) is 13.8 Å². The molecule has 2 aromatic heterocycles. The Balaban J connectivity index is 1.58. The highest BCUT2D eigenvalue weighted by atomic mass is 32.1. The normalized spacial score (nSPS) is 12.2. The lowest BCUT2D eigenvalue weighted by atomic mass is 10.2. The van der Waals surface area contributed by atoms with Crippen LogP contribution in [0.4, 0.5) is 0 Å². The maximum atomic E-state index is 6.31. The van der Waals surface area contributed by atoms with Gasteiger partial charge in [-0.15, -0.1) is 5.10 Å². The monoisotopic (exact) mass is 453 g/mol. The summed E-state index contributed by atoms with van der Waals surface area (Å²) in [5.41, 5.74) is 4.81. The van der Waals surface area contributed by atoms with E-state index >= 15 is 0 Å². The fraction of sp³-hybridized carbons (Fsp3) is 0.115. The van der Waals surface area contributed by atoms with Crippen molar-refractivity contribution < 1.29 is 4.74 Å². The van der Waals surface area contributed by atoms with Gasteiger partial charge in [0.05, 0.1) is 33.4 Å². The molecule has 5 rings (SSSR count). The molecule has 0 saturated heterocycles. The Morgan fingerprint density at radius 3 is 2.39 bits per heavy atom. The summed E-state index contributed by atoms with van der Waals surface area (Å²) >= 11 is 1.60. The van der Waals surface area contributed by atoms with Crippen LogP contribution in [0.1, 0.15) is 16.8 Å². The number of fused-ring (bicyclic) bond motifs is 1. The van der Waals surface area contributed by atoms with E-state index in [1.165, 1.54) is 10.3 Å². The van der Waals surface area contributed by atoms with Gasteiger partial charge in [-0.2, -0.15) is 14.9 Å². The summed E-state index contributed by atoms with van der Waals surface area (Å²) in [4.78, 5) is 0.821. The fourth-order valence-electron chi connectivity index (χ4n) is 3.54. The molecule has 2 heterocycles. The Hall–Kier alpha value is -3.97. The van der Waals surface area contributed by atoms with Crippen LogP contribution in [0.15, 0.2) is 89.1 Å². The van der Waals surface area contributed by atoms with Crippen LogP contribution in [0, 0.1) is 13.8 Å². The second-order valence-corrected chi connectivity index (χ2v) is 8.73. The van der Waals surface area contributed by atoms with Gasteiger partial charge in [-0.3, -0.25) is 0 Å². The molecule has 0 fully saturated rings. The summed E-state index contributed by atoms with van der Waals surface area (Å²) in [6.07, 6.45) is 1.72. The summed E-state index contributed by atoms with van der Waals surface area (Å²) in [5, 5.41) is 13.6. The molecule has 0 unspecified atom stereocenters. The van der Waals surface area contributed by atoms with Crippen LogP contribution in [0.5, 0.6) is 11.6 Å². The quantitative estimate of drug-likeness (QED) is 0.251. The SMILES string of the molecule is Cc1ccc(Oc2c(/C=N\N=c3/sc4ccccc4n3C)c(C)nn2-c2ccccc2)cc1. The van der Waals surface area contributed by atoms with Crippen molar-refractivity contribution in [1.82, 2.24) is 14.3 Å². The second-order valence-electron chi connectivity index (χ2n) is 7.72. The molecule has 3 aromatic carbocycles. The number of para-hydroxylation sites is 2. The number of aryl methyl sites for hydroxylation is 3. The minimum Gasteiger partial charge on any atom is -0.438 e. The van der Waals surface area contributed by atoms with Crippen molar-refractivity contribution in [2.75, 3.05) is 0 Å². The minimum absolute atomic E-state index is 0.599. The van der Waals surface area contributed by atoms with E-state index in [9.17, 15) is 0 Å². The van der Waals surface area contributed by atoms with Gasteiger partial charge in [0.15, 0.2) is 0 Å². The lowest BCUT2D eigenvalue weighted by Crippen LogP contribution is -2.08. The van der Waals surface area contributed by atoms with Crippen molar-refractivity contribution in [3.05, 3.63) is 100 Å². The third-order valence-corrected chi connectivity index (χ3v) is 6.45. The van der Waals surface area contributed by atoms with Gasteiger partial charge in [0.2, 0.25) is 10.7 Å². The molecule has 0 aliphatic rings. The van der Waals surface area contributed by atoms with Gasteiger partial charge >= 0.3 is 0 Å². The molecule has 0 saturated carbocycles. The molecule has 0 aliphatic heterocycles. The van der Waals surface area contributed by atoms with Crippen LogP contribution < -0.4 is 9.54 Å². The van der Waals surface area contributed by atoms with E-state index in [2.05, 4.69) is 29.3 Å². The van der Waals surface area contributed by atoms with Crippen LogP contribution in [0.25, 0.3) is 15.9 Å². The largest absolute Gasteiger partial charge is 0.438 e. The molecule has 0 N–H and O–H groups in total. The van der Waals surface area contributed by atoms with E-state index in [4.69, 9.17) is 9.84 Å². The molecule has 5 aromatic rings. The van der Waals surface area contributed by atoms with E-state index in [1.807, 2.05) is 85.3 Å². The van der Waals surface area contributed by atoms with Crippen molar-refractivity contribution in [3.63, 3.8) is 0 Å². The van der Waals surface area contributed by atoms with Gasteiger partial charge in [-0.05, 0) is 50.2 Å². The molecular weight excluding hydrogens is 430 g/mol. The number of ether oxygens (including phenoxy) is 1. The van der Waals surface area contributed by atoms with Crippen molar-refractivity contribution in [3.8, 4) is 17.3 Å². The Labute approximate surface area is 195 Å². The lowest BCUT2D eigenvalue weighted by molar-refractivity contribution is 0.443. The fourth-order valence-corrected chi connectivity index (χ4v) is 4.52. The molecule has 0 aliphatic carbocycles. The smallest absolute Gasteiger partial charge is 0.231 e. The van der Waals surface area contributed by atoms with Gasteiger partial charge in [-0.25, -0.2) is 0 Å². The molecule has 33 heavy (non-hydrogen) atoms. The molecule has 0 amide bonds. The van der Waals surface area contributed by atoms with E-state index in [0.717, 1.165) is 33.0 Å². The molecule has 0 radical (unpaired) electrons. The summed E-state index contributed by atoms with van der Waals surface area (Å²) in [7, 11) is 2.00. The Bertz CT molecular complexity index is 1510. The Morgan fingerprint density at radius 2 is 1.64 bits per heavy atom. The van der Waals surface area contributed by atoms with Gasteiger partial charge in [-0.1, -0.05) is 59.4 Å². The van der Waals surface area contributed by atoms with Crippen LogP contribution in [-0.4, -0.2) is 20.6 Å². The Morgan fingerprint density at radius 1 is 0.909 bits per heavy atom. The van der Waals surface area contributed by atoms with E-state index in [-0.39, 0.29) is 0 Å². The number of nitrogens with zero attached hydrogens (tertiary/aromatic N) is 5. The first kappa shape index (κ1) is 20.9. The average Bonchev–Trinajstić information content (AvgIpc) is 3.33. The molecule has 0 bridgehead atoms. The summed E-state index contributed by atoms with van der Waals surface area (Å²) < 4.78 is 11.3. The molecular formula is C26H23N5OS. The van der Waals surface area contributed by atoms with Crippen molar-refractivity contribution >= 4 is 27.8 Å².